The number of anilines is 1. The van der Waals surface area contributed by atoms with Crippen molar-refractivity contribution in [3.05, 3.63) is 71.0 Å². The second-order valence-electron chi connectivity index (χ2n) is 8.99. The van der Waals surface area contributed by atoms with Crippen molar-refractivity contribution in [3.8, 4) is 5.69 Å². The molecule has 0 saturated carbocycles. The zero-order valence-electron chi connectivity index (χ0n) is 20.5. The molecule has 2 amide bonds. The van der Waals surface area contributed by atoms with E-state index >= 15 is 0 Å². The number of carboxylic acid groups (broad SMARTS) is 1. The number of halogens is 1. The third-order valence-corrected chi connectivity index (χ3v) is 6.59. The van der Waals surface area contributed by atoms with Gasteiger partial charge in [0.1, 0.15) is 12.4 Å². The molecule has 11 nitrogen and oxygen atoms in total. The van der Waals surface area contributed by atoms with Gasteiger partial charge in [0.25, 0.3) is 0 Å². The number of hydrogen-bond acceptors (Lipinski definition) is 7. The van der Waals surface area contributed by atoms with Gasteiger partial charge in [-0.05, 0) is 104 Å². The Morgan fingerprint density at radius 2 is 1.92 bits per heavy atom. The third-order valence-electron chi connectivity index (χ3n) is 6.35. The molecule has 1 atom stereocenters. The average molecular weight is 538 g/mol. The molecule has 2 aromatic carbocycles. The number of aromatic carboxylic acids is 1. The van der Waals surface area contributed by atoms with Crippen LogP contribution in [0.3, 0.4) is 0 Å². The van der Waals surface area contributed by atoms with Gasteiger partial charge in [-0.3, -0.25) is 9.59 Å². The second kappa shape index (κ2) is 12.9. The monoisotopic (exact) mass is 537 g/mol. The number of carboxylic acids is 1. The first-order valence-corrected chi connectivity index (χ1v) is 12.6. The second-order valence-corrected chi connectivity index (χ2v) is 9.43. The first kappa shape index (κ1) is 27.0. The van der Waals surface area contributed by atoms with Gasteiger partial charge in [0, 0.05) is 22.3 Å². The number of piperidine rings is 1. The van der Waals surface area contributed by atoms with E-state index in [4.69, 9.17) is 16.7 Å². The van der Waals surface area contributed by atoms with Gasteiger partial charge >= 0.3 is 5.97 Å². The van der Waals surface area contributed by atoms with Crippen LogP contribution in [0.1, 0.15) is 41.6 Å². The smallest absolute Gasteiger partial charge is 0.335 e. The zero-order chi connectivity index (χ0) is 26.9. The average Bonchev–Trinajstić information content (AvgIpc) is 3.45. The fraction of sp³-hybridized carbons (Fsp3) is 0.308. The summed E-state index contributed by atoms with van der Waals surface area (Å²) in [4.78, 5) is 37.2. The lowest BCUT2D eigenvalue weighted by molar-refractivity contribution is -0.124. The van der Waals surface area contributed by atoms with Crippen molar-refractivity contribution in [2.24, 2.45) is 5.92 Å². The van der Waals surface area contributed by atoms with Crippen molar-refractivity contribution in [2.75, 3.05) is 18.4 Å². The normalized spacial score (nSPS) is 14.8. The standard InChI is InChI=1S/C26H28ClN7O4/c27-20-5-9-23(34-16-29-32-33-34)19(15-20)4-10-24(35)31-22(8-1-17-11-13-28-14-12-17)25(36)30-21-6-2-18(3-7-21)26(37)38/h2-7,9-10,15-17,22,28H,1,8,11-14H2,(H,30,36)(H,31,35)(H,37,38)/b10-4+/t22-/m0/s1. The number of amides is 2. The molecule has 1 saturated heterocycles. The van der Waals surface area contributed by atoms with E-state index in [1.54, 1.807) is 24.3 Å². The minimum Gasteiger partial charge on any atom is -0.478 e. The highest BCUT2D eigenvalue weighted by atomic mass is 35.5. The Hall–Kier alpha value is -4.09. The van der Waals surface area contributed by atoms with Gasteiger partial charge < -0.3 is 21.1 Å². The molecule has 4 N–H and O–H groups in total. The molecule has 12 heteroatoms. The Labute approximate surface area is 224 Å². The molecule has 1 fully saturated rings. The number of nitrogens with zero attached hydrogens (tertiary/aromatic N) is 4. The molecule has 1 aliphatic rings. The van der Waals surface area contributed by atoms with E-state index in [0.29, 0.717) is 34.3 Å². The molecule has 38 heavy (non-hydrogen) atoms. The van der Waals surface area contributed by atoms with Gasteiger partial charge in [-0.1, -0.05) is 11.6 Å². The van der Waals surface area contributed by atoms with E-state index in [2.05, 4.69) is 31.5 Å². The minimum absolute atomic E-state index is 0.117. The van der Waals surface area contributed by atoms with Gasteiger partial charge in [-0.15, -0.1) is 5.10 Å². The third kappa shape index (κ3) is 7.46. The number of aromatic nitrogens is 4. The number of carbonyl (C=O) groups excluding carboxylic acids is 2. The maximum absolute atomic E-state index is 13.1. The van der Waals surface area contributed by atoms with Crippen molar-refractivity contribution >= 4 is 41.1 Å². The van der Waals surface area contributed by atoms with Crippen LogP contribution >= 0.6 is 11.6 Å². The lowest BCUT2D eigenvalue weighted by Crippen LogP contribution is -2.43. The van der Waals surface area contributed by atoms with Crippen LogP contribution in [0.2, 0.25) is 5.02 Å². The molecule has 1 aromatic heterocycles. The van der Waals surface area contributed by atoms with E-state index in [0.717, 1.165) is 32.4 Å². The van der Waals surface area contributed by atoms with Gasteiger partial charge in [0.05, 0.1) is 11.3 Å². The lowest BCUT2D eigenvalue weighted by atomic mass is 9.91. The van der Waals surface area contributed by atoms with Crippen molar-refractivity contribution in [3.63, 3.8) is 0 Å². The van der Waals surface area contributed by atoms with Crippen LogP contribution < -0.4 is 16.0 Å². The molecule has 1 aliphatic heterocycles. The maximum atomic E-state index is 13.1. The number of hydrogen-bond donors (Lipinski definition) is 4. The van der Waals surface area contributed by atoms with Crippen LogP contribution in [-0.4, -0.2) is 62.2 Å². The summed E-state index contributed by atoms with van der Waals surface area (Å²) >= 11 is 6.15. The molecular formula is C26H28ClN7O4. The zero-order valence-corrected chi connectivity index (χ0v) is 21.3. The number of rotatable bonds is 10. The van der Waals surface area contributed by atoms with Gasteiger partial charge in [0.15, 0.2) is 0 Å². The summed E-state index contributed by atoms with van der Waals surface area (Å²) in [5, 5.41) is 29.7. The van der Waals surface area contributed by atoms with Crippen LogP contribution in [-0.2, 0) is 9.59 Å². The minimum atomic E-state index is -1.05. The summed E-state index contributed by atoms with van der Waals surface area (Å²) in [5.74, 6) is -1.40. The van der Waals surface area contributed by atoms with Crippen LogP contribution in [0.4, 0.5) is 5.69 Å². The fourth-order valence-electron chi connectivity index (χ4n) is 4.29. The summed E-state index contributed by atoms with van der Waals surface area (Å²) in [5.41, 5.74) is 1.82. The quantitative estimate of drug-likeness (QED) is 0.288. The predicted molar refractivity (Wildman–Crippen MR) is 142 cm³/mol. The number of nitrogens with one attached hydrogen (secondary N) is 3. The summed E-state index contributed by atoms with van der Waals surface area (Å²) < 4.78 is 1.46. The molecule has 198 valence electrons. The van der Waals surface area contributed by atoms with Gasteiger partial charge in [0.2, 0.25) is 11.8 Å². The summed E-state index contributed by atoms with van der Waals surface area (Å²) in [6.45, 7) is 1.88. The van der Waals surface area contributed by atoms with Crippen molar-refractivity contribution in [1.82, 2.24) is 30.8 Å². The molecule has 0 spiro atoms. The molecule has 3 aromatic rings. The summed E-state index contributed by atoms with van der Waals surface area (Å²) in [6.07, 6.45) is 7.66. The van der Waals surface area contributed by atoms with Crippen molar-refractivity contribution in [1.29, 1.82) is 0 Å². The Balaban J connectivity index is 1.46. The molecule has 0 aliphatic carbocycles. The van der Waals surface area contributed by atoms with Crippen LogP contribution in [0.25, 0.3) is 11.8 Å². The summed E-state index contributed by atoms with van der Waals surface area (Å²) in [6, 6.07) is 10.2. The number of tetrazole rings is 1. The molecule has 4 rings (SSSR count). The van der Waals surface area contributed by atoms with Crippen LogP contribution in [0.5, 0.6) is 0 Å². The SMILES string of the molecule is O=C(/C=C/c1cc(Cl)ccc1-n1cnnn1)N[C@@H](CCC1CCNCC1)C(=O)Nc1ccc(C(=O)O)cc1. The van der Waals surface area contributed by atoms with E-state index in [1.807, 2.05) is 0 Å². The summed E-state index contributed by atoms with van der Waals surface area (Å²) in [7, 11) is 0. The fourth-order valence-corrected chi connectivity index (χ4v) is 4.47. The van der Waals surface area contributed by atoms with Gasteiger partial charge in [-0.2, -0.15) is 4.68 Å². The highest BCUT2D eigenvalue weighted by molar-refractivity contribution is 6.30. The highest BCUT2D eigenvalue weighted by Gasteiger charge is 2.23. The van der Waals surface area contributed by atoms with E-state index in [9.17, 15) is 14.4 Å². The van der Waals surface area contributed by atoms with E-state index < -0.39 is 17.9 Å². The molecule has 0 unspecified atom stereocenters. The largest absolute Gasteiger partial charge is 0.478 e. The maximum Gasteiger partial charge on any atom is 0.335 e. The van der Waals surface area contributed by atoms with Crippen molar-refractivity contribution in [2.45, 2.75) is 31.7 Å². The first-order chi connectivity index (χ1) is 18.4. The van der Waals surface area contributed by atoms with E-state index in [-0.39, 0.29) is 11.5 Å². The molecule has 0 radical (unpaired) electrons. The van der Waals surface area contributed by atoms with E-state index in [1.165, 1.54) is 41.4 Å². The highest BCUT2D eigenvalue weighted by Crippen LogP contribution is 2.21. The predicted octanol–water partition coefficient (Wildman–Crippen LogP) is 2.93. The lowest BCUT2D eigenvalue weighted by Gasteiger charge is -2.25. The van der Waals surface area contributed by atoms with Gasteiger partial charge in [-0.25, -0.2) is 4.79 Å². The Bertz CT molecular complexity index is 1290. The topological polar surface area (TPSA) is 151 Å². The van der Waals surface area contributed by atoms with Crippen LogP contribution in [0.15, 0.2) is 54.9 Å². The Morgan fingerprint density at radius 1 is 1.16 bits per heavy atom. The van der Waals surface area contributed by atoms with Crippen molar-refractivity contribution < 1.29 is 19.5 Å². The molecule has 0 bridgehead atoms. The molecule has 2 heterocycles. The Kier molecular flexibility index (Phi) is 9.17. The van der Waals surface area contributed by atoms with Crippen LogP contribution in [0, 0.1) is 5.92 Å². The Morgan fingerprint density at radius 3 is 2.61 bits per heavy atom. The number of carbonyl (C=O) groups is 3. The first-order valence-electron chi connectivity index (χ1n) is 12.3. The molecular weight excluding hydrogens is 510 g/mol. The number of benzene rings is 2.